The zero-order valence-corrected chi connectivity index (χ0v) is 11.0. The van der Waals surface area contributed by atoms with Gasteiger partial charge in [0.25, 0.3) is 0 Å². The maximum atomic E-state index is 10.9. The van der Waals surface area contributed by atoms with Crippen molar-refractivity contribution in [3.63, 3.8) is 0 Å². The Morgan fingerprint density at radius 3 is 3.00 bits per heavy atom. The van der Waals surface area contributed by atoms with Gasteiger partial charge in [-0.2, -0.15) is 0 Å². The van der Waals surface area contributed by atoms with Crippen LogP contribution in [0.4, 0.5) is 11.5 Å². The number of hydrogen-bond acceptors (Lipinski definition) is 6. The molecule has 3 aromatic heterocycles. The molecule has 8 nitrogen and oxygen atoms in total. The smallest absolute Gasteiger partial charge is 0.311 e. The fraction of sp³-hybridized carbons (Fsp3) is 0.154. The van der Waals surface area contributed by atoms with Gasteiger partial charge < -0.3 is 5.32 Å². The molecule has 0 fully saturated rings. The highest BCUT2D eigenvalue weighted by molar-refractivity contribution is 5.55. The van der Waals surface area contributed by atoms with E-state index in [0.29, 0.717) is 13.0 Å². The number of nitrogens with zero attached hydrogens (tertiary/aromatic N) is 5. The van der Waals surface area contributed by atoms with Crippen LogP contribution in [-0.4, -0.2) is 31.1 Å². The zero-order valence-electron chi connectivity index (χ0n) is 11.0. The average Bonchev–Trinajstić information content (AvgIpc) is 2.91. The first-order valence-electron chi connectivity index (χ1n) is 6.37. The molecule has 0 saturated carbocycles. The lowest BCUT2D eigenvalue weighted by molar-refractivity contribution is -0.384. The van der Waals surface area contributed by atoms with Crippen molar-refractivity contribution in [2.45, 2.75) is 6.42 Å². The number of fused-ring (bicyclic) bond motifs is 1. The van der Waals surface area contributed by atoms with Crippen LogP contribution in [0.25, 0.3) is 5.65 Å². The third-order valence-electron chi connectivity index (χ3n) is 3.01. The topological polar surface area (TPSA) is 98.2 Å². The third-order valence-corrected chi connectivity index (χ3v) is 3.01. The molecule has 0 aliphatic carbocycles. The van der Waals surface area contributed by atoms with E-state index in [2.05, 4.69) is 20.5 Å². The number of aromatic nitrogens is 4. The Morgan fingerprint density at radius 2 is 2.14 bits per heavy atom. The third kappa shape index (κ3) is 2.64. The van der Waals surface area contributed by atoms with E-state index in [4.69, 9.17) is 0 Å². The fourth-order valence-electron chi connectivity index (χ4n) is 2.03. The predicted octanol–water partition coefficient (Wildman–Crippen LogP) is 1.69. The van der Waals surface area contributed by atoms with Gasteiger partial charge in [-0.25, -0.2) is 4.98 Å². The van der Waals surface area contributed by atoms with Crippen LogP contribution >= 0.6 is 0 Å². The molecule has 3 aromatic rings. The summed E-state index contributed by atoms with van der Waals surface area (Å²) in [5.74, 6) is 1.05. The van der Waals surface area contributed by atoms with E-state index >= 15 is 0 Å². The van der Waals surface area contributed by atoms with Crippen LogP contribution in [0.5, 0.6) is 0 Å². The molecule has 0 aliphatic rings. The lowest BCUT2D eigenvalue weighted by Gasteiger charge is -2.05. The Labute approximate surface area is 119 Å². The summed E-state index contributed by atoms with van der Waals surface area (Å²) in [6.45, 7) is 0.480. The summed E-state index contributed by atoms with van der Waals surface area (Å²) in [6, 6.07) is 8.62. The standard InChI is InChI=1S/C13H12N6O2/c20-19(21)10-4-3-7-14-13(10)15-8-6-12-17-16-11-5-1-2-9-18(11)12/h1-5,7,9H,6,8H2,(H,14,15). The van der Waals surface area contributed by atoms with Crippen molar-refractivity contribution in [2.75, 3.05) is 11.9 Å². The summed E-state index contributed by atoms with van der Waals surface area (Å²) >= 11 is 0. The average molecular weight is 284 g/mol. The van der Waals surface area contributed by atoms with E-state index in [1.807, 2.05) is 28.8 Å². The van der Waals surface area contributed by atoms with Gasteiger partial charge in [0, 0.05) is 31.4 Å². The van der Waals surface area contributed by atoms with Crippen LogP contribution in [0.1, 0.15) is 5.82 Å². The number of hydrogen-bond donors (Lipinski definition) is 1. The van der Waals surface area contributed by atoms with Gasteiger partial charge in [-0.3, -0.25) is 14.5 Å². The predicted molar refractivity (Wildman–Crippen MR) is 76.1 cm³/mol. The van der Waals surface area contributed by atoms with Gasteiger partial charge in [0.15, 0.2) is 5.65 Å². The molecule has 0 saturated heterocycles. The van der Waals surface area contributed by atoms with E-state index in [0.717, 1.165) is 11.5 Å². The van der Waals surface area contributed by atoms with Crippen LogP contribution < -0.4 is 5.32 Å². The van der Waals surface area contributed by atoms with E-state index < -0.39 is 4.92 Å². The molecule has 3 rings (SSSR count). The molecular weight excluding hydrogens is 272 g/mol. The summed E-state index contributed by atoms with van der Waals surface area (Å²) in [4.78, 5) is 14.4. The van der Waals surface area contributed by atoms with E-state index in [1.54, 1.807) is 0 Å². The molecule has 0 aliphatic heterocycles. The van der Waals surface area contributed by atoms with Gasteiger partial charge in [-0.1, -0.05) is 6.07 Å². The van der Waals surface area contributed by atoms with Crippen molar-refractivity contribution >= 4 is 17.2 Å². The largest absolute Gasteiger partial charge is 0.364 e. The van der Waals surface area contributed by atoms with Gasteiger partial charge in [0.2, 0.25) is 5.82 Å². The molecule has 21 heavy (non-hydrogen) atoms. The van der Waals surface area contributed by atoms with Crippen molar-refractivity contribution in [3.8, 4) is 0 Å². The number of nitro groups is 1. The summed E-state index contributed by atoms with van der Waals surface area (Å²) in [5, 5.41) is 22.0. The van der Waals surface area contributed by atoms with Crippen LogP contribution in [0.2, 0.25) is 0 Å². The Kier molecular flexibility index (Phi) is 3.42. The molecule has 0 amide bonds. The Bertz CT molecular complexity index is 785. The molecule has 0 atom stereocenters. The van der Waals surface area contributed by atoms with Crippen molar-refractivity contribution in [1.82, 2.24) is 19.6 Å². The monoisotopic (exact) mass is 284 g/mol. The number of anilines is 1. The van der Waals surface area contributed by atoms with Crippen molar-refractivity contribution in [2.24, 2.45) is 0 Å². The Hall–Kier alpha value is -3.03. The molecule has 8 heteroatoms. The van der Waals surface area contributed by atoms with E-state index in [1.165, 1.54) is 18.3 Å². The number of pyridine rings is 2. The molecule has 1 N–H and O–H groups in total. The first-order chi connectivity index (χ1) is 10.3. The molecule has 0 aromatic carbocycles. The van der Waals surface area contributed by atoms with Gasteiger partial charge in [0.1, 0.15) is 5.82 Å². The maximum Gasteiger partial charge on any atom is 0.311 e. The van der Waals surface area contributed by atoms with E-state index in [-0.39, 0.29) is 11.5 Å². The van der Waals surface area contributed by atoms with Crippen LogP contribution in [0, 0.1) is 10.1 Å². The van der Waals surface area contributed by atoms with Crippen LogP contribution in [0.3, 0.4) is 0 Å². The first kappa shape index (κ1) is 13.0. The maximum absolute atomic E-state index is 10.9. The van der Waals surface area contributed by atoms with E-state index in [9.17, 15) is 10.1 Å². The van der Waals surface area contributed by atoms with Gasteiger partial charge in [-0.05, 0) is 18.2 Å². The van der Waals surface area contributed by atoms with Crippen molar-refractivity contribution in [3.05, 3.63) is 58.7 Å². The van der Waals surface area contributed by atoms with Gasteiger partial charge >= 0.3 is 5.69 Å². The molecule has 3 heterocycles. The summed E-state index contributed by atoms with van der Waals surface area (Å²) in [6.07, 6.45) is 3.98. The molecule has 106 valence electrons. The lowest BCUT2D eigenvalue weighted by Crippen LogP contribution is -2.10. The van der Waals surface area contributed by atoms with Crippen molar-refractivity contribution in [1.29, 1.82) is 0 Å². The van der Waals surface area contributed by atoms with Gasteiger partial charge in [0.05, 0.1) is 4.92 Å². The second kappa shape index (κ2) is 5.53. The first-order valence-corrected chi connectivity index (χ1v) is 6.37. The second-order valence-corrected chi connectivity index (χ2v) is 4.35. The van der Waals surface area contributed by atoms with Crippen molar-refractivity contribution < 1.29 is 4.92 Å². The fourth-order valence-corrected chi connectivity index (χ4v) is 2.03. The Morgan fingerprint density at radius 1 is 1.24 bits per heavy atom. The highest BCUT2D eigenvalue weighted by Crippen LogP contribution is 2.19. The minimum absolute atomic E-state index is 0.0383. The number of nitrogens with one attached hydrogen (secondary N) is 1. The lowest BCUT2D eigenvalue weighted by atomic mass is 10.3. The normalized spacial score (nSPS) is 10.7. The minimum atomic E-state index is -0.457. The Balaban J connectivity index is 1.71. The molecule has 0 unspecified atom stereocenters. The summed E-state index contributed by atoms with van der Waals surface area (Å²) in [7, 11) is 0. The summed E-state index contributed by atoms with van der Waals surface area (Å²) < 4.78 is 1.88. The molecule has 0 bridgehead atoms. The summed E-state index contributed by atoms with van der Waals surface area (Å²) in [5.41, 5.74) is 0.736. The minimum Gasteiger partial charge on any atom is -0.364 e. The van der Waals surface area contributed by atoms with Crippen LogP contribution in [-0.2, 0) is 6.42 Å². The molecule has 0 spiro atoms. The SMILES string of the molecule is O=[N+]([O-])c1cccnc1NCCc1nnc2ccccn12. The van der Waals surface area contributed by atoms with Crippen LogP contribution in [0.15, 0.2) is 42.7 Å². The quantitative estimate of drug-likeness (QED) is 0.565. The zero-order chi connectivity index (χ0) is 14.7. The molecule has 0 radical (unpaired) electrons. The second-order valence-electron chi connectivity index (χ2n) is 4.35. The highest BCUT2D eigenvalue weighted by Gasteiger charge is 2.13. The number of rotatable bonds is 5. The van der Waals surface area contributed by atoms with Gasteiger partial charge in [-0.15, -0.1) is 10.2 Å². The highest BCUT2D eigenvalue weighted by atomic mass is 16.6. The molecular formula is C13H12N6O2.